The van der Waals surface area contributed by atoms with E-state index in [4.69, 9.17) is 9.47 Å². The molecule has 2 aliphatic rings. The molecule has 0 aliphatic heterocycles. The van der Waals surface area contributed by atoms with E-state index < -0.39 is 11.6 Å². The fourth-order valence-corrected chi connectivity index (χ4v) is 4.88. The predicted octanol–water partition coefficient (Wildman–Crippen LogP) is 4.47. The lowest BCUT2D eigenvalue weighted by atomic mass is 9.62. The summed E-state index contributed by atoms with van der Waals surface area (Å²) in [4.78, 5) is 12.7. The Labute approximate surface area is 167 Å². The van der Waals surface area contributed by atoms with E-state index in [0.717, 1.165) is 24.8 Å². The minimum atomic E-state index is -0.776. The standard InChI is InChI=1S/C23H32O5/c1-14-11-16-17(23(4,26)10-6-9-22(16,2)3)13-19(14)28-21(25)15-7-8-18(24)20(12-15)27-5/h7-8,11-12,16-17,19,24,26H,6,9-10,13H2,1-5H3/t16-,17+,19-,23+/m0/s1. The third-order valence-electron chi connectivity index (χ3n) is 6.72. The Kier molecular flexibility index (Phi) is 5.50. The van der Waals surface area contributed by atoms with E-state index in [1.165, 1.54) is 25.3 Å². The van der Waals surface area contributed by atoms with Crippen molar-refractivity contribution >= 4 is 5.97 Å². The van der Waals surface area contributed by atoms with E-state index in [1.807, 2.05) is 13.8 Å². The van der Waals surface area contributed by atoms with Gasteiger partial charge in [0.15, 0.2) is 11.5 Å². The van der Waals surface area contributed by atoms with Crippen LogP contribution in [0.15, 0.2) is 29.8 Å². The molecule has 0 bridgehead atoms. The van der Waals surface area contributed by atoms with Crippen LogP contribution < -0.4 is 4.74 Å². The van der Waals surface area contributed by atoms with Gasteiger partial charge in [-0.2, -0.15) is 0 Å². The summed E-state index contributed by atoms with van der Waals surface area (Å²) in [6.45, 7) is 8.46. The zero-order valence-electron chi connectivity index (χ0n) is 17.5. The zero-order chi connectivity index (χ0) is 20.7. The monoisotopic (exact) mass is 388 g/mol. The summed E-state index contributed by atoms with van der Waals surface area (Å²) in [6, 6.07) is 4.43. The molecule has 3 rings (SSSR count). The number of hydrogen-bond donors (Lipinski definition) is 2. The molecule has 0 radical (unpaired) electrons. The number of aromatic hydroxyl groups is 1. The maximum absolute atomic E-state index is 12.7. The van der Waals surface area contributed by atoms with Gasteiger partial charge in [-0.3, -0.25) is 0 Å². The second-order valence-electron chi connectivity index (χ2n) is 9.26. The highest BCUT2D eigenvalue weighted by atomic mass is 16.5. The SMILES string of the molecule is COc1cc(C(=O)O[C@H]2C[C@@H]3[C@H](C=C2C)C(C)(C)CCC[C@@]3(C)O)ccc1O. The van der Waals surface area contributed by atoms with E-state index in [0.29, 0.717) is 12.0 Å². The fraction of sp³-hybridized carbons (Fsp3) is 0.609. The van der Waals surface area contributed by atoms with Crippen LogP contribution in [0.25, 0.3) is 0 Å². The molecule has 154 valence electrons. The van der Waals surface area contributed by atoms with E-state index >= 15 is 0 Å². The molecule has 4 atom stereocenters. The summed E-state index contributed by atoms with van der Waals surface area (Å²) in [5.41, 5.74) is 0.692. The number of rotatable bonds is 3. The van der Waals surface area contributed by atoms with Crippen LogP contribution in [0.1, 0.15) is 63.7 Å². The van der Waals surface area contributed by atoms with Crippen LogP contribution in [-0.4, -0.2) is 35.0 Å². The first-order valence-corrected chi connectivity index (χ1v) is 10.0. The summed E-state index contributed by atoms with van der Waals surface area (Å²) >= 11 is 0. The zero-order valence-corrected chi connectivity index (χ0v) is 17.5. The number of carbonyl (C=O) groups is 1. The molecule has 0 unspecified atom stereocenters. The number of fused-ring (bicyclic) bond motifs is 1. The number of phenols is 1. The third kappa shape index (κ3) is 3.90. The molecule has 0 heterocycles. The number of benzene rings is 1. The summed E-state index contributed by atoms with van der Waals surface area (Å²) < 4.78 is 10.9. The van der Waals surface area contributed by atoms with E-state index in [1.54, 1.807) is 0 Å². The van der Waals surface area contributed by atoms with Crippen molar-refractivity contribution in [2.45, 2.75) is 65.1 Å². The Morgan fingerprint density at radius 2 is 1.93 bits per heavy atom. The van der Waals surface area contributed by atoms with Gasteiger partial charge < -0.3 is 19.7 Å². The Hall–Kier alpha value is -2.01. The van der Waals surface area contributed by atoms with Gasteiger partial charge in [0.25, 0.3) is 0 Å². The first-order valence-electron chi connectivity index (χ1n) is 10.0. The minimum Gasteiger partial charge on any atom is -0.504 e. The van der Waals surface area contributed by atoms with Crippen LogP contribution in [0.4, 0.5) is 0 Å². The van der Waals surface area contributed by atoms with Gasteiger partial charge in [-0.25, -0.2) is 4.79 Å². The summed E-state index contributed by atoms with van der Waals surface area (Å²) in [5.74, 6) is 0.0582. The number of carbonyl (C=O) groups excluding carboxylic acids is 1. The topological polar surface area (TPSA) is 76.0 Å². The fourth-order valence-electron chi connectivity index (χ4n) is 4.88. The van der Waals surface area contributed by atoms with Crippen molar-refractivity contribution < 1.29 is 24.5 Å². The van der Waals surface area contributed by atoms with Gasteiger partial charge in [0.05, 0.1) is 18.3 Å². The van der Waals surface area contributed by atoms with Crippen LogP contribution >= 0.6 is 0 Å². The first kappa shape index (κ1) is 20.7. The molecule has 1 saturated carbocycles. The van der Waals surface area contributed by atoms with Crippen LogP contribution in [-0.2, 0) is 4.74 Å². The quantitative estimate of drug-likeness (QED) is 0.590. The van der Waals surface area contributed by atoms with Gasteiger partial charge in [0.1, 0.15) is 6.10 Å². The molecule has 5 nitrogen and oxygen atoms in total. The van der Waals surface area contributed by atoms with Crippen molar-refractivity contribution in [3.63, 3.8) is 0 Å². The summed E-state index contributed by atoms with van der Waals surface area (Å²) in [7, 11) is 1.44. The van der Waals surface area contributed by atoms with E-state index in [9.17, 15) is 15.0 Å². The largest absolute Gasteiger partial charge is 0.504 e. The Morgan fingerprint density at radius 3 is 2.61 bits per heavy atom. The molecule has 2 N–H and O–H groups in total. The van der Waals surface area contributed by atoms with Gasteiger partial charge in [0, 0.05) is 0 Å². The number of hydrogen-bond acceptors (Lipinski definition) is 5. The summed E-state index contributed by atoms with van der Waals surface area (Å²) in [6.07, 6.45) is 5.30. The number of phenolic OH excluding ortho intramolecular Hbond substituents is 1. The predicted molar refractivity (Wildman–Crippen MR) is 107 cm³/mol. The van der Waals surface area contributed by atoms with Crippen LogP contribution in [0.2, 0.25) is 0 Å². The highest BCUT2D eigenvalue weighted by Gasteiger charge is 2.49. The molecule has 1 aromatic carbocycles. The molecule has 2 aliphatic carbocycles. The average molecular weight is 389 g/mol. The lowest BCUT2D eigenvalue weighted by Crippen LogP contribution is -2.46. The van der Waals surface area contributed by atoms with Crippen LogP contribution in [0.5, 0.6) is 11.5 Å². The van der Waals surface area contributed by atoms with Gasteiger partial charge in [-0.05, 0) is 74.1 Å². The average Bonchev–Trinajstić information content (AvgIpc) is 2.70. The van der Waals surface area contributed by atoms with Crippen LogP contribution in [0.3, 0.4) is 0 Å². The second-order valence-corrected chi connectivity index (χ2v) is 9.26. The lowest BCUT2D eigenvalue weighted by Gasteiger charge is -2.45. The molecule has 1 aromatic rings. The molecule has 0 spiro atoms. The lowest BCUT2D eigenvalue weighted by molar-refractivity contribution is -0.0579. The maximum atomic E-state index is 12.7. The molecular weight excluding hydrogens is 356 g/mol. The Bertz CT molecular complexity index is 777. The molecule has 1 fully saturated rings. The molecular formula is C23H32O5. The normalized spacial score (nSPS) is 31.9. The molecule has 0 aromatic heterocycles. The second kappa shape index (κ2) is 7.43. The Morgan fingerprint density at radius 1 is 1.21 bits per heavy atom. The van der Waals surface area contributed by atoms with Crippen molar-refractivity contribution in [1.82, 2.24) is 0 Å². The third-order valence-corrected chi connectivity index (χ3v) is 6.72. The first-order chi connectivity index (χ1) is 13.0. The van der Waals surface area contributed by atoms with Crippen molar-refractivity contribution in [1.29, 1.82) is 0 Å². The van der Waals surface area contributed by atoms with Crippen molar-refractivity contribution in [2.24, 2.45) is 17.3 Å². The van der Waals surface area contributed by atoms with Gasteiger partial charge in [0.2, 0.25) is 0 Å². The number of ether oxygens (including phenoxy) is 2. The van der Waals surface area contributed by atoms with Crippen LogP contribution in [0, 0.1) is 17.3 Å². The van der Waals surface area contributed by atoms with Crippen molar-refractivity contribution in [2.75, 3.05) is 7.11 Å². The van der Waals surface area contributed by atoms with E-state index in [-0.39, 0.29) is 34.9 Å². The highest BCUT2D eigenvalue weighted by Crippen LogP contribution is 2.51. The number of methoxy groups -OCH3 is 1. The summed E-state index contributed by atoms with van der Waals surface area (Å²) in [5, 5.41) is 20.9. The van der Waals surface area contributed by atoms with Crippen molar-refractivity contribution in [3.8, 4) is 11.5 Å². The van der Waals surface area contributed by atoms with Crippen molar-refractivity contribution in [3.05, 3.63) is 35.4 Å². The van der Waals surface area contributed by atoms with Gasteiger partial charge >= 0.3 is 5.97 Å². The van der Waals surface area contributed by atoms with E-state index in [2.05, 4.69) is 19.9 Å². The number of esters is 1. The highest BCUT2D eigenvalue weighted by molar-refractivity contribution is 5.90. The number of aliphatic hydroxyl groups is 1. The van der Waals surface area contributed by atoms with Gasteiger partial charge in [-0.1, -0.05) is 26.3 Å². The smallest absolute Gasteiger partial charge is 0.338 e. The number of allylic oxidation sites excluding steroid dienone is 1. The van der Waals surface area contributed by atoms with Gasteiger partial charge in [-0.15, -0.1) is 0 Å². The molecule has 5 heteroatoms. The maximum Gasteiger partial charge on any atom is 0.338 e. The molecule has 0 amide bonds. The Balaban J connectivity index is 1.85. The minimum absolute atomic E-state index is 0.0210. The molecule has 0 saturated heterocycles. The molecule has 28 heavy (non-hydrogen) atoms.